The smallest absolute Gasteiger partial charge is 0.130 e. The third kappa shape index (κ3) is 1.69. The second-order valence-corrected chi connectivity index (χ2v) is 3.28. The van der Waals surface area contributed by atoms with Gasteiger partial charge in [0.1, 0.15) is 5.82 Å². The summed E-state index contributed by atoms with van der Waals surface area (Å²) < 4.78 is 4.03. The van der Waals surface area contributed by atoms with Gasteiger partial charge in [-0.15, -0.1) is 0 Å². The summed E-state index contributed by atoms with van der Waals surface area (Å²) in [5.41, 5.74) is 1.04. The minimum absolute atomic E-state index is 0.745. The van der Waals surface area contributed by atoms with Crippen molar-refractivity contribution in [2.24, 2.45) is 0 Å². The van der Waals surface area contributed by atoms with Crippen LogP contribution < -0.4 is 0 Å². The van der Waals surface area contributed by atoms with Crippen LogP contribution in [0.3, 0.4) is 0 Å². The van der Waals surface area contributed by atoms with Gasteiger partial charge in [-0.05, 0) is 19.9 Å². The Balaban J connectivity index is 2.18. The predicted molar refractivity (Wildman–Crippen MR) is 54.0 cm³/mol. The molecule has 0 radical (unpaired) electrons. The maximum atomic E-state index is 4.32. The van der Waals surface area contributed by atoms with E-state index in [0.717, 1.165) is 24.6 Å². The monoisotopic (exact) mass is 190 g/mol. The van der Waals surface area contributed by atoms with Gasteiger partial charge in [0.05, 0.1) is 12.2 Å². The summed E-state index contributed by atoms with van der Waals surface area (Å²) >= 11 is 0. The molecule has 0 spiro atoms. The highest BCUT2D eigenvalue weighted by Gasteiger charge is 2.02. The molecule has 14 heavy (non-hydrogen) atoms. The molecule has 0 aromatic carbocycles. The molecule has 0 fully saturated rings. The zero-order valence-electron chi connectivity index (χ0n) is 8.51. The van der Waals surface area contributed by atoms with Gasteiger partial charge in [-0.1, -0.05) is 0 Å². The van der Waals surface area contributed by atoms with Crippen LogP contribution in [-0.4, -0.2) is 19.3 Å². The van der Waals surface area contributed by atoms with Crippen LogP contribution in [-0.2, 0) is 13.1 Å². The Hall–Kier alpha value is -1.58. The molecule has 0 saturated carbocycles. The van der Waals surface area contributed by atoms with Gasteiger partial charge < -0.3 is 4.57 Å². The summed E-state index contributed by atoms with van der Waals surface area (Å²) in [6.07, 6.45) is 5.80. The highest BCUT2D eigenvalue weighted by Crippen LogP contribution is 2.01. The molecule has 2 aromatic rings. The third-order valence-corrected chi connectivity index (χ3v) is 2.22. The Morgan fingerprint density at radius 3 is 2.86 bits per heavy atom. The topological polar surface area (TPSA) is 35.6 Å². The van der Waals surface area contributed by atoms with E-state index >= 15 is 0 Å². The van der Waals surface area contributed by atoms with Crippen molar-refractivity contribution in [3.05, 3.63) is 36.2 Å². The molecule has 0 N–H and O–H groups in total. The van der Waals surface area contributed by atoms with Gasteiger partial charge in [-0.3, -0.25) is 4.68 Å². The molecule has 0 unspecified atom stereocenters. The Morgan fingerprint density at radius 1 is 1.36 bits per heavy atom. The lowest BCUT2D eigenvalue weighted by Gasteiger charge is -2.04. The first kappa shape index (κ1) is 8.99. The zero-order valence-corrected chi connectivity index (χ0v) is 8.51. The van der Waals surface area contributed by atoms with Crippen LogP contribution in [0, 0.1) is 6.92 Å². The molecule has 74 valence electrons. The second-order valence-electron chi connectivity index (χ2n) is 3.28. The Labute approximate surface area is 83.2 Å². The van der Waals surface area contributed by atoms with Gasteiger partial charge >= 0.3 is 0 Å². The maximum absolute atomic E-state index is 4.32. The lowest BCUT2D eigenvalue weighted by atomic mass is 10.5. The summed E-state index contributed by atoms with van der Waals surface area (Å²) in [5, 5.41) is 4.32. The van der Waals surface area contributed by atoms with Crippen molar-refractivity contribution in [2.75, 3.05) is 0 Å². The number of hydrogen-bond donors (Lipinski definition) is 0. The largest absolute Gasteiger partial charge is 0.334 e. The van der Waals surface area contributed by atoms with E-state index in [0.29, 0.717) is 0 Å². The van der Waals surface area contributed by atoms with E-state index in [1.54, 1.807) is 0 Å². The molecule has 4 heteroatoms. The molecule has 2 aromatic heterocycles. The van der Waals surface area contributed by atoms with E-state index in [1.807, 2.05) is 36.3 Å². The van der Waals surface area contributed by atoms with Gasteiger partial charge in [-0.2, -0.15) is 5.10 Å². The predicted octanol–water partition coefficient (Wildman–Crippen LogP) is 1.46. The maximum Gasteiger partial charge on any atom is 0.130 e. The summed E-state index contributed by atoms with van der Waals surface area (Å²) in [4.78, 5) is 4.29. The molecule has 2 rings (SSSR count). The number of nitrogens with zero attached hydrogens (tertiary/aromatic N) is 4. The van der Waals surface area contributed by atoms with Crippen molar-refractivity contribution < 1.29 is 0 Å². The third-order valence-electron chi connectivity index (χ3n) is 2.22. The number of rotatable bonds is 3. The molecular formula is C10H14N4. The van der Waals surface area contributed by atoms with Gasteiger partial charge in [0, 0.05) is 25.1 Å². The normalized spacial score (nSPS) is 10.7. The first-order chi connectivity index (χ1) is 6.79. The molecule has 0 saturated heterocycles. The van der Waals surface area contributed by atoms with E-state index in [9.17, 15) is 0 Å². The molecule has 0 atom stereocenters. The standard InChI is InChI=1S/C10H14N4/c1-3-13-7-5-11-10(13)8-14-6-4-9(2)12-14/h4-7H,3,8H2,1-2H3. The van der Waals surface area contributed by atoms with Crippen LogP contribution in [0.4, 0.5) is 0 Å². The van der Waals surface area contributed by atoms with Crippen molar-refractivity contribution in [3.63, 3.8) is 0 Å². The quantitative estimate of drug-likeness (QED) is 0.734. The Morgan fingerprint density at radius 2 is 2.21 bits per heavy atom. The highest BCUT2D eigenvalue weighted by atomic mass is 15.3. The van der Waals surface area contributed by atoms with Crippen molar-refractivity contribution in [1.29, 1.82) is 0 Å². The van der Waals surface area contributed by atoms with Crippen molar-refractivity contribution in [3.8, 4) is 0 Å². The fourth-order valence-electron chi connectivity index (χ4n) is 1.48. The van der Waals surface area contributed by atoms with Crippen molar-refractivity contribution >= 4 is 0 Å². The number of aryl methyl sites for hydroxylation is 2. The minimum Gasteiger partial charge on any atom is -0.334 e. The Kier molecular flexibility index (Phi) is 2.35. The average molecular weight is 190 g/mol. The SMILES string of the molecule is CCn1ccnc1Cn1ccc(C)n1. The summed E-state index contributed by atoms with van der Waals surface area (Å²) in [7, 11) is 0. The molecule has 0 aliphatic heterocycles. The lowest BCUT2D eigenvalue weighted by Crippen LogP contribution is -2.08. The number of hydrogen-bond acceptors (Lipinski definition) is 2. The average Bonchev–Trinajstić information content (AvgIpc) is 2.76. The van der Waals surface area contributed by atoms with E-state index < -0.39 is 0 Å². The molecule has 0 bridgehead atoms. The highest BCUT2D eigenvalue weighted by molar-refractivity contribution is 4.98. The summed E-state index contributed by atoms with van der Waals surface area (Å²) in [6, 6.07) is 2.00. The molecule has 4 nitrogen and oxygen atoms in total. The van der Waals surface area contributed by atoms with E-state index in [4.69, 9.17) is 0 Å². The van der Waals surface area contributed by atoms with Crippen LogP contribution >= 0.6 is 0 Å². The summed E-state index contributed by atoms with van der Waals surface area (Å²) in [6.45, 7) is 5.80. The van der Waals surface area contributed by atoms with Gasteiger partial charge in [0.15, 0.2) is 0 Å². The molecule has 0 amide bonds. The van der Waals surface area contributed by atoms with Gasteiger partial charge in [-0.25, -0.2) is 4.98 Å². The van der Waals surface area contributed by atoms with Crippen LogP contribution in [0.25, 0.3) is 0 Å². The zero-order chi connectivity index (χ0) is 9.97. The van der Waals surface area contributed by atoms with Crippen LogP contribution in [0.5, 0.6) is 0 Å². The van der Waals surface area contributed by atoms with Crippen LogP contribution in [0.1, 0.15) is 18.4 Å². The van der Waals surface area contributed by atoms with Gasteiger partial charge in [0.25, 0.3) is 0 Å². The van der Waals surface area contributed by atoms with Crippen LogP contribution in [0.15, 0.2) is 24.7 Å². The first-order valence-electron chi connectivity index (χ1n) is 4.79. The van der Waals surface area contributed by atoms with Crippen LogP contribution in [0.2, 0.25) is 0 Å². The van der Waals surface area contributed by atoms with Gasteiger partial charge in [0.2, 0.25) is 0 Å². The van der Waals surface area contributed by atoms with E-state index in [-0.39, 0.29) is 0 Å². The molecular weight excluding hydrogens is 176 g/mol. The minimum atomic E-state index is 0.745. The molecule has 2 heterocycles. The van der Waals surface area contributed by atoms with Crippen molar-refractivity contribution in [2.45, 2.75) is 26.9 Å². The molecule has 0 aliphatic rings. The van der Waals surface area contributed by atoms with Crippen molar-refractivity contribution in [1.82, 2.24) is 19.3 Å². The second kappa shape index (κ2) is 3.65. The molecule has 0 aliphatic carbocycles. The number of imidazole rings is 1. The summed E-state index contributed by atoms with van der Waals surface area (Å²) in [5.74, 6) is 1.05. The van der Waals surface area contributed by atoms with E-state index in [2.05, 4.69) is 21.6 Å². The lowest BCUT2D eigenvalue weighted by molar-refractivity contribution is 0.603. The first-order valence-corrected chi connectivity index (χ1v) is 4.79. The fourth-order valence-corrected chi connectivity index (χ4v) is 1.48. The fraction of sp³-hybridized carbons (Fsp3) is 0.400. The van der Waals surface area contributed by atoms with E-state index in [1.165, 1.54) is 0 Å². The Bertz CT molecular complexity index is 413. The number of aromatic nitrogens is 4.